The molecule has 0 amide bonds. The molecular weight excluding hydrogens is 260 g/mol. The summed E-state index contributed by atoms with van der Waals surface area (Å²) in [5.41, 5.74) is 3.41. The molecule has 0 N–H and O–H groups in total. The van der Waals surface area contributed by atoms with Crippen LogP contribution in [0.2, 0.25) is 0 Å². The van der Waals surface area contributed by atoms with E-state index in [1.807, 2.05) is 49.4 Å². The lowest BCUT2D eigenvalue weighted by Crippen LogP contribution is -1.91. The second kappa shape index (κ2) is 5.26. The van der Waals surface area contributed by atoms with Crippen molar-refractivity contribution in [2.45, 2.75) is 6.92 Å². The average Bonchev–Trinajstić information content (AvgIpc) is 2.54. The van der Waals surface area contributed by atoms with E-state index in [0.717, 1.165) is 33.5 Å². The number of fused-ring (bicyclic) bond motifs is 1. The number of nitrogens with zero attached hydrogens (tertiary/aromatic N) is 2. The van der Waals surface area contributed by atoms with Gasteiger partial charge in [0, 0.05) is 16.6 Å². The molecule has 0 radical (unpaired) electrons. The van der Waals surface area contributed by atoms with Crippen LogP contribution in [0.1, 0.15) is 11.3 Å². The van der Waals surface area contributed by atoms with Crippen LogP contribution in [0, 0.1) is 18.3 Å². The Balaban J connectivity index is 2.21. The van der Waals surface area contributed by atoms with Crippen LogP contribution in [-0.4, -0.2) is 12.1 Å². The Kier molecular flexibility index (Phi) is 3.29. The van der Waals surface area contributed by atoms with Crippen molar-refractivity contribution in [2.24, 2.45) is 0 Å². The van der Waals surface area contributed by atoms with Crippen LogP contribution in [-0.2, 0) is 0 Å². The highest BCUT2D eigenvalue weighted by Gasteiger charge is 2.06. The van der Waals surface area contributed by atoms with Gasteiger partial charge in [-0.2, -0.15) is 5.26 Å². The molecule has 0 saturated heterocycles. The number of hydrogen-bond acceptors (Lipinski definition) is 3. The van der Waals surface area contributed by atoms with E-state index >= 15 is 0 Å². The van der Waals surface area contributed by atoms with Gasteiger partial charge in [-0.05, 0) is 48.7 Å². The first-order chi connectivity index (χ1) is 10.2. The lowest BCUT2D eigenvalue weighted by Gasteiger charge is -2.08. The van der Waals surface area contributed by atoms with Gasteiger partial charge in [-0.25, -0.2) is 0 Å². The summed E-state index contributed by atoms with van der Waals surface area (Å²) < 4.78 is 5.28. The summed E-state index contributed by atoms with van der Waals surface area (Å²) in [5.74, 6) is 0.824. The van der Waals surface area contributed by atoms with Crippen LogP contribution in [0.25, 0.3) is 22.0 Å². The zero-order chi connectivity index (χ0) is 14.8. The molecule has 1 aromatic heterocycles. The largest absolute Gasteiger partial charge is 0.497 e. The van der Waals surface area contributed by atoms with Crippen molar-refractivity contribution in [3.8, 4) is 23.1 Å². The molecule has 0 aliphatic heterocycles. The third-order valence-corrected chi connectivity index (χ3v) is 3.52. The summed E-state index contributed by atoms with van der Waals surface area (Å²) in [7, 11) is 1.66. The molecule has 0 saturated carbocycles. The van der Waals surface area contributed by atoms with E-state index in [1.54, 1.807) is 13.2 Å². The van der Waals surface area contributed by atoms with Gasteiger partial charge >= 0.3 is 0 Å². The van der Waals surface area contributed by atoms with Crippen molar-refractivity contribution < 1.29 is 4.74 Å². The third-order valence-electron chi connectivity index (χ3n) is 3.52. The van der Waals surface area contributed by atoms with E-state index < -0.39 is 0 Å². The number of benzene rings is 2. The molecule has 0 unspecified atom stereocenters. The van der Waals surface area contributed by atoms with Crippen LogP contribution < -0.4 is 4.74 Å². The summed E-state index contributed by atoms with van der Waals surface area (Å²) >= 11 is 0. The predicted octanol–water partition coefficient (Wildman–Crippen LogP) is 4.09. The topological polar surface area (TPSA) is 45.9 Å². The average molecular weight is 274 g/mol. The zero-order valence-corrected chi connectivity index (χ0v) is 11.9. The number of aromatic nitrogens is 1. The number of ether oxygens (including phenoxy) is 1. The van der Waals surface area contributed by atoms with E-state index in [-0.39, 0.29) is 0 Å². The molecule has 0 fully saturated rings. The minimum absolute atomic E-state index is 0.637. The fourth-order valence-electron chi connectivity index (χ4n) is 2.43. The molecule has 0 aliphatic carbocycles. The second-order valence-electron chi connectivity index (χ2n) is 4.87. The molecule has 2 aromatic carbocycles. The number of aryl methyl sites for hydroxylation is 1. The molecule has 3 aromatic rings. The van der Waals surface area contributed by atoms with E-state index in [9.17, 15) is 0 Å². The lowest BCUT2D eigenvalue weighted by molar-refractivity contribution is 0.415. The molecular formula is C18H14N2O. The van der Waals surface area contributed by atoms with Crippen LogP contribution in [0.5, 0.6) is 5.75 Å². The van der Waals surface area contributed by atoms with Gasteiger partial charge in [0.1, 0.15) is 5.75 Å². The monoisotopic (exact) mass is 274 g/mol. The standard InChI is InChI=1S/C18H14N2O/c1-12-17-7-6-16(21-2)9-15(17)10-18(20-12)14-5-3-4-13(8-14)11-19/h3-10H,1-2H3. The first-order valence-electron chi connectivity index (χ1n) is 6.67. The molecule has 21 heavy (non-hydrogen) atoms. The fourth-order valence-corrected chi connectivity index (χ4v) is 2.43. The first kappa shape index (κ1) is 13.1. The van der Waals surface area contributed by atoms with Crippen molar-refractivity contribution in [3.05, 3.63) is 59.8 Å². The molecule has 0 atom stereocenters. The minimum Gasteiger partial charge on any atom is -0.497 e. The summed E-state index contributed by atoms with van der Waals surface area (Å²) in [4.78, 5) is 4.65. The van der Waals surface area contributed by atoms with E-state index in [0.29, 0.717) is 5.56 Å². The SMILES string of the molecule is COc1ccc2c(C)nc(-c3cccc(C#N)c3)cc2c1. The van der Waals surface area contributed by atoms with Gasteiger partial charge in [0.2, 0.25) is 0 Å². The molecule has 0 bridgehead atoms. The van der Waals surface area contributed by atoms with Crippen molar-refractivity contribution in [1.29, 1.82) is 5.26 Å². The molecule has 102 valence electrons. The highest BCUT2D eigenvalue weighted by Crippen LogP contribution is 2.27. The summed E-state index contributed by atoms with van der Waals surface area (Å²) in [6, 6.07) is 17.6. The normalized spacial score (nSPS) is 10.3. The quantitative estimate of drug-likeness (QED) is 0.707. The Hall–Kier alpha value is -2.86. The van der Waals surface area contributed by atoms with Crippen LogP contribution in [0.4, 0.5) is 0 Å². The molecule has 1 heterocycles. The summed E-state index contributed by atoms with van der Waals surface area (Å²) in [5, 5.41) is 11.2. The summed E-state index contributed by atoms with van der Waals surface area (Å²) in [6.07, 6.45) is 0. The van der Waals surface area contributed by atoms with Gasteiger partial charge in [0.05, 0.1) is 24.4 Å². The smallest absolute Gasteiger partial charge is 0.119 e. The Morgan fingerprint density at radius 3 is 2.71 bits per heavy atom. The van der Waals surface area contributed by atoms with Gasteiger partial charge in [-0.15, -0.1) is 0 Å². The highest BCUT2D eigenvalue weighted by molar-refractivity contribution is 5.89. The highest BCUT2D eigenvalue weighted by atomic mass is 16.5. The van der Waals surface area contributed by atoms with Gasteiger partial charge in [0.15, 0.2) is 0 Å². The Morgan fingerprint density at radius 2 is 1.95 bits per heavy atom. The van der Waals surface area contributed by atoms with Crippen LogP contribution in [0.3, 0.4) is 0 Å². The fraction of sp³-hybridized carbons (Fsp3) is 0.111. The minimum atomic E-state index is 0.637. The Labute approximate surface area is 123 Å². The van der Waals surface area contributed by atoms with E-state index in [1.165, 1.54) is 0 Å². The van der Waals surface area contributed by atoms with Crippen molar-refractivity contribution >= 4 is 10.8 Å². The maximum absolute atomic E-state index is 9.02. The second-order valence-corrected chi connectivity index (χ2v) is 4.87. The van der Waals surface area contributed by atoms with Crippen molar-refractivity contribution in [2.75, 3.05) is 7.11 Å². The van der Waals surface area contributed by atoms with Crippen LogP contribution in [0.15, 0.2) is 48.5 Å². The van der Waals surface area contributed by atoms with Gasteiger partial charge in [-0.1, -0.05) is 12.1 Å². The van der Waals surface area contributed by atoms with E-state index in [2.05, 4.69) is 11.1 Å². The van der Waals surface area contributed by atoms with Gasteiger partial charge in [-0.3, -0.25) is 4.98 Å². The number of nitriles is 1. The number of methoxy groups -OCH3 is 1. The number of pyridine rings is 1. The van der Waals surface area contributed by atoms with Gasteiger partial charge in [0.25, 0.3) is 0 Å². The molecule has 0 aliphatic rings. The van der Waals surface area contributed by atoms with Crippen molar-refractivity contribution in [1.82, 2.24) is 4.98 Å². The molecule has 0 spiro atoms. The Morgan fingerprint density at radius 1 is 1.10 bits per heavy atom. The summed E-state index contributed by atoms with van der Waals surface area (Å²) in [6.45, 7) is 1.99. The van der Waals surface area contributed by atoms with E-state index in [4.69, 9.17) is 10.00 Å². The Bertz CT molecular complexity index is 863. The third kappa shape index (κ3) is 2.44. The zero-order valence-electron chi connectivity index (χ0n) is 11.9. The number of rotatable bonds is 2. The maximum atomic E-state index is 9.02. The van der Waals surface area contributed by atoms with Crippen molar-refractivity contribution in [3.63, 3.8) is 0 Å². The van der Waals surface area contributed by atoms with Gasteiger partial charge < -0.3 is 4.74 Å². The maximum Gasteiger partial charge on any atom is 0.119 e. The van der Waals surface area contributed by atoms with Crippen LogP contribution >= 0.6 is 0 Å². The predicted molar refractivity (Wildman–Crippen MR) is 83.2 cm³/mol. The first-order valence-corrected chi connectivity index (χ1v) is 6.67. The molecule has 3 nitrogen and oxygen atoms in total. The molecule has 3 heteroatoms. The lowest BCUT2D eigenvalue weighted by atomic mass is 10.0. The number of hydrogen-bond donors (Lipinski definition) is 0. The molecule has 3 rings (SSSR count).